The molecule has 0 aromatic carbocycles. The summed E-state index contributed by atoms with van der Waals surface area (Å²) in [7, 11) is 0. The Bertz CT molecular complexity index is 364. The predicted octanol–water partition coefficient (Wildman–Crippen LogP) is 2.37. The third-order valence-corrected chi connectivity index (χ3v) is 4.55. The van der Waals surface area contributed by atoms with Crippen LogP contribution in [0.1, 0.15) is 22.5 Å². The molecule has 0 aliphatic carbocycles. The van der Waals surface area contributed by atoms with E-state index in [1.807, 2.05) is 17.7 Å². The molecule has 2 rings (SSSR count). The number of hydrogen-bond acceptors (Lipinski definition) is 4. The fraction of sp³-hybridized carbons (Fsp3) is 0.545. The molecule has 1 aromatic rings. The lowest BCUT2D eigenvalue weighted by Crippen LogP contribution is -2.37. The highest BCUT2D eigenvalue weighted by atomic mass is 35.5. The van der Waals surface area contributed by atoms with Gasteiger partial charge in [0, 0.05) is 17.5 Å². The molecule has 1 aromatic heterocycles. The van der Waals surface area contributed by atoms with E-state index < -0.39 is 0 Å². The molecule has 1 atom stereocenters. The molecule has 17 heavy (non-hydrogen) atoms. The molecule has 0 radical (unpaired) electrons. The van der Waals surface area contributed by atoms with Crippen molar-refractivity contribution in [1.82, 2.24) is 10.6 Å². The average Bonchev–Trinajstić information content (AvgIpc) is 2.96. The Kier molecular flexibility index (Phi) is 6.33. The van der Waals surface area contributed by atoms with Crippen LogP contribution in [0.3, 0.4) is 0 Å². The van der Waals surface area contributed by atoms with Crippen LogP contribution in [-0.2, 0) is 0 Å². The maximum atomic E-state index is 11.9. The third kappa shape index (κ3) is 3.88. The molecule has 6 heteroatoms. The van der Waals surface area contributed by atoms with Crippen molar-refractivity contribution >= 4 is 41.4 Å². The van der Waals surface area contributed by atoms with Crippen LogP contribution in [0.15, 0.2) is 16.3 Å². The Morgan fingerprint density at radius 3 is 3.18 bits per heavy atom. The molecule has 0 saturated carbocycles. The Labute approximate surface area is 116 Å². The summed E-state index contributed by atoms with van der Waals surface area (Å²) >= 11 is 3.13. The predicted molar refractivity (Wildman–Crippen MR) is 76.7 cm³/mol. The van der Waals surface area contributed by atoms with Gasteiger partial charge >= 0.3 is 0 Å². The first-order valence-electron chi connectivity index (χ1n) is 5.44. The van der Waals surface area contributed by atoms with Crippen molar-refractivity contribution in [3.05, 3.63) is 16.3 Å². The zero-order valence-corrected chi connectivity index (χ0v) is 12.1. The lowest BCUT2D eigenvalue weighted by Gasteiger charge is -2.11. The van der Waals surface area contributed by atoms with Crippen molar-refractivity contribution in [3.8, 4) is 0 Å². The second kappa shape index (κ2) is 7.26. The zero-order valence-electron chi connectivity index (χ0n) is 9.69. The van der Waals surface area contributed by atoms with Gasteiger partial charge < -0.3 is 10.6 Å². The molecule has 0 spiro atoms. The third-order valence-electron chi connectivity index (χ3n) is 2.73. The van der Waals surface area contributed by atoms with Gasteiger partial charge in [-0.2, -0.15) is 0 Å². The monoisotopic (exact) mass is 292 g/mol. The van der Waals surface area contributed by atoms with Crippen LogP contribution in [0.4, 0.5) is 0 Å². The fourth-order valence-electron chi connectivity index (χ4n) is 1.85. The van der Waals surface area contributed by atoms with Crippen molar-refractivity contribution in [2.24, 2.45) is 0 Å². The number of thiophene rings is 1. The van der Waals surface area contributed by atoms with Gasteiger partial charge in [-0.15, -0.1) is 35.5 Å². The first kappa shape index (κ1) is 14.8. The van der Waals surface area contributed by atoms with Crippen molar-refractivity contribution in [2.75, 3.05) is 19.3 Å². The second-order valence-electron chi connectivity index (χ2n) is 3.82. The maximum Gasteiger partial charge on any atom is 0.262 e. The highest BCUT2D eigenvalue weighted by Crippen LogP contribution is 2.25. The Hall–Kier alpha value is -0.230. The summed E-state index contributed by atoms with van der Waals surface area (Å²) in [5.74, 6) is 0.0630. The van der Waals surface area contributed by atoms with E-state index in [4.69, 9.17) is 0 Å². The number of hydrogen-bond donors (Lipinski definition) is 2. The molecule has 0 bridgehead atoms. The van der Waals surface area contributed by atoms with E-state index in [-0.39, 0.29) is 18.3 Å². The number of rotatable bonds is 4. The minimum absolute atomic E-state index is 0. The van der Waals surface area contributed by atoms with Gasteiger partial charge in [0.05, 0.1) is 0 Å². The minimum atomic E-state index is 0. The summed E-state index contributed by atoms with van der Waals surface area (Å²) in [6, 6.07) is 2.46. The maximum absolute atomic E-state index is 11.9. The number of carbonyl (C=O) groups is 1. The summed E-state index contributed by atoms with van der Waals surface area (Å²) in [6.07, 6.45) is 4.38. The molecule has 2 heterocycles. The Balaban J connectivity index is 0.00000144. The SMILES string of the molecule is CSc1ccsc1C(=O)NCC1CCCN1.Cl. The molecule has 3 nitrogen and oxygen atoms in total. The topological polar surface area (TPSA) is 41.1 Å². The largest absolute Gasteiger partial charge is 0.350 e. The normalized spacial score (nSPS) is 18.8. The zero-order chi connectivity index (χ0) is 11.4. The van der Waals surface area contributed by atoms with Gasteiger partial charge in [0.2, 0.25) is 0 Å². The van der Waals surface area contributed by atoms with Gasteiger partial charge in [0.25, 0.3) is 5.91 Å². The van der Waals surface area contributed by atoms with E-state index in [1.165, 1.54) is 24.2 Å². The molecule has 2 N–H and O–H groups in total. The molecule has 1 aliphatic rings. The van der Waals surface area contributed by atoms with Crippen molar-refractivity contribution in [3.63, 3.8) is 0 Å². The van der Waals surface area contributed by atoms with Crippen molar-refractivity contribution in [1.29, 1.82) is 0 Å². The quantitative estimate of drug-likeness (QED) is 0.837. The molecule has 1 amide bonds. The highest BCUT2D eigenvalue weighted by molar-refractivity contribution is 7.98. The fourth-order valence-corrected chi connectivity index (χ4v) is 3.52. The van der Waals surface area contributed by atoms with E-state index in [1.54, 1.807) is 11.8 Å². The average molecular weight is 293 g/mol. The first-order valence-corrected chi connectivity index (χ1v) is 7.55. The number of halogens is 1. The van der Waals surface area contributed by atoms with E-state index in [0.717, 1.165) is 22.9 Å². The lowest BCUT2D eigenvalue weighted by atomic mass is 10.2. The molecule has 1 unspecified atom stereocenters. The molecule has 1 aliphatic heterocycles. The Morgan fingerprint density at radius 2 is 2.53 bits per heavy atom. The van der Waals surface area contributed by atoms with Crippen LogP contribution >= 0.6 is 35.5 Å². The minimum Gasteiger partial charge on any atom is -0.350 e. The number of amides is 1. The van der Waals surface area contributed by atoms with E-state index in [9.17, 15) is 4.79 Å². The van der Waals surface area contributed by atoms with Crippen molar-refractivity contribution in [2.45, 2.75) is 23.8 Å². The van der Waals surface area contributed by atoms with Gasteiger partial charge in [-0.3, -0.25) is 4.79 Å². The Morgan fingerprint density at radius 1 is 1.71 bits per heavy atom. The number of carbonyl (C=O) groups excluding carboxylic acids is 1. The molecular formula is C11H17ClN2OS2. The first-order chi connectivity index (χ1) is 7.81. The van der Waals surface area contributed by atoms with E-state index in [2.05, 4.69) is 10.6 Å². The summed E-state index contributed by atoms with van der Waals surface area (Å²) < 4.78 is 0. The lowest BCUT2D eigenvalue weighted by molar-refractivity contribution is 0.0952. The van der Waals surface area contributed by atoms with Crippen molar-refractivity contribution < 1.29 is 4.79 Å². The highest BCUT2D eigenvalue weighted by Gasteiger charge is 2.17. The van der Waals surface area contributed by atoms with Crippen LogP contribution in [0, 0.1) is 0 Å². The van der Waals surface area contributed by atoms with Crippen LogP contribution < -0.4 is 10.6 Å². The van der Waals surface area contributed by atoms with Gasteiger partial charge in [-0.1, -0.05) is 0 Å². The van der Waals surface area contributed by atoms with E-state index >= 15 is 0 Å². The number of nitrogens with one attached hydrogen (secondary N) is 2. The van der Waals surface area contributed by atoms with Gasteiger partial charge in [0.15, 0.2) is 0 Å². The molecule has 1 fully saturated rings. The van der Waals surface area contributed by atoms with Crippen LogP contribution in [0.5, 0.6) is 0 Å². The molecule has 96 valence electrons. The van der Waals surface area contributed by atoms with Gasteiger partial charge in [-0.25, -0.2) is 0 Å². The summed E-state index contributed by atoms with van der Waals surface area (Å²) in [4.78, 5) is 13.8. The molecule has 1 saturated heterocycles. The van der Waals surface area contributed by atoms with Crippen LogP contribution in [0.2, 0.25) is 0 Å². The summed E-state index contributed by atoms with van der Waals surface area (Å²) in [5, 5.41) is 8.33. The van der Waals surface area contributed by atoms with Crippen LogP contribution in [0.25, 0.3) is 0 Å². The second-order valence-corrected chi connectivity index (χ2v) is 5.59. The van der Waals surface area contributed by atoms with Crippen LogP contribution in [-0.4, -0.2) is 31.3 Å². The van der Waals surface area contributed by atoms with Gasteiger partial charge in [0.1, 0.15) is 4.88 Å². The van der Waals surface area contributed by atoms with Gasteiger partial charge in [-0.05, 0) is 37.1 Å². The standard InChI is InChI=1S/C11H16N2OS2.ClH/c1-15-9-4-6-16-10(9)11(14)13-7-8-3-2-5-12-8;/h4,6,8,12H,2-3,5,7H2,1H3,(H,13,14);1H. The summed E-state index contributed by atoms with van der Waals surface area (Å²) in [6.45, 7) is 1.82. The molecular weight excluding hydrogens is 276 g/mol. The van der Waals surface area contributed by atoms with E-state index in [0.29, 0.717) is 6.04 Å². The summed E-state index contributed by atoms with van der Waals surface area (Å²) in [5.41, 5.74) is 0. The number of thioether (sulfide) groups is 1. The smallest absolute Gasteiger partial charge is 0.262 e.